The van der Waals surface area contributed by atoms with Gasteiger partial charge in [-0.05, 0) is 24.0 Å². The molecule has 2 aliphatic rings. The molecule has 0 saturated carbocycles. The molecule has 0 N–H and O–H groups in total. The maximum atomic E-state index is 12.9. The number of rotatable bonds is 2. The summed E-state index contributed by atoms with van der Waals surface area (Å²) in [4.78, 5) is 25.8. The molecule has 0 radical (unpaired) electrons. The first kappa shape index (κ1) is 16.9. The molecule has 1 saturated heterocycles. The van der Waals surface area contributed by atoms with Crippen molar-refractivity contribution in [3.05, 3.63) is 72.0 Å². The number of anilines is 1. The minimum atomic E-state index is -0.0947. The van der Waals surface area contributed by atoms with Crippen molar-refractivity contribution in [3.63, 3.8) is 0 Å². The number of carbonyl (C=O) groups excluding carboxylic acids is 1. The van der Waals surface area contributed by atoms with Crippen molar-refractivity contribution in [2.75, 3.05) is 24.5 Å². The Morgan fingerprint density at radius 3 is 2.68 bits per heavy atom. The zero-order valence-electron chi connectivity index (χ0n) is 15.5. The Kier molecular flexibility index (Phi) is 4.07. The highest BCUT2D eigenvalue weighted by atomic mass is 16.5. The summed E-state index contributed by atoms with van der Waals surface area (Å²) < 4.78 is 5.12. The minimum absolute atomic E-state index is 0.0523. The van der Waals surface area contributed by atoms with Crippen LogP contribution in [0.15, 0.2) is 59.6 Å². The van der Waals surface area contributed by atoms with Crippen LogP contribution in [0, 0.1) is 0 Å². The lowest BCUT2D eigenvalue weighted by atomic mass is 9.69. The maximum Gasteiger partial charge on any atom is 0.292 e. The number of hydrogen-bond donors (Lipinski definition) is 0. The highest BCUT2D eigenvalue weighted by Gasteiger charge is 2.43. The Morgan fingerprint density at radius 2 is 1.93 bits per heavy atom. The number of hydrogen-bond acceptors (Lipinski definition) is 6. The van der Waals surface area contributed by atoms with Crippen LogP contribution in [0.5, 0.6) is 0 Å². The first-order valence-electron chi connectivity index (χ1n) is 9.54. The minimum Gasteiger partial charge on any atom is -0.355 e. The van der Waals surface area contributed by atoms with Crippen molar-refractivity contribution in [1.82, 2.24) is 20.0 Å². The van der Waals surface area contributed by atoms with Gasteiger partial charge in [0.05, 0.1) is 12.4 Å². The number of nitrogens with zero attached hydrogens (tertiary/aromatic N) is 5. The Balaban J connectivity index is 1.44. The van der Waals surface area contributed by atoms with Crippen LogP contribution in [-0.4, -0.2) is 45.6 Å². The number of carbonyl (C=O) groups is 1. The van der Waals surface area contributed by atoms with Crippen molar-refractivity contribution in [2.45, 2.75) is 24.8 Å². The predicted molar refractivity (Wildman–Crippen MR) is 103 cm³/mol. The van der Waals surface area contributed by atoms with Gasteiger partial charge in [0.1, 0.15) is 5.82 Å². The van der Waals surface area contributed by atoms with E-state index in [9.17, 15) is 4.79 Å². The molecule has 3 aromatic rings. The summed E-state index contributed by atoms with van der Waals surface area (Å²) in [6.07, 6.45) is 8.67. The number of amides is 1. The summed E-state index contributed by atoms with van der Waals surface area (Å²) in [5.41, 5.74) is 2.54. The summed E-state index contributed by atoms with van der Waals surface area (Å²) in [5, 5.41) is 3.69. The van der Waals surface area contributed by atoms with Crippen molar-refractivity contribution >= 4 is 11.7 Å². The highest BCUT2D eigenvalue weighted by molar-refractivity contribution is 5.91. The second-order valence-electron chi connectivity index (χ2n) is 7.53. The Hall–Kier alpha value is -3.22. The van der Waals surface area contributed by atoms with E-state index >= 15 is 0 Å². The lowest BCUT2D eigenvalue weighted by Gasteiger charge is -2.48. The molecule has 7 nitrogen and oxygen atoms in total. The van der Waals surface area contributed by atoms with Gasteiger partial charge in [-0.15, -0.1) is 0 Å². The lowest BCUT2D eigenvalue weighted by Crippen LogP contribution is -2.53. The van der Waals surface area contributed by atoms with Gasteiger partial charge >= 0.3 is 0 Å². The number of fused-ring (bicyclic) bond motifs is 2. The summed E-state index contributed by atoms with van der Waals surface area (Å²) in [6, 6.07) is 10.1. The summed E-state index contributed by atoms with van der Waals surface area (Å²) in [7, 11) is 0. The third kappa shape index (κ3) is 2.83. The van der Waals surface area contributed by atoms with Crippen molar-refractivity contribution in [2.24, 2.45) is 0 Å². The fraction of sp³-hybridized carbons (Fsp3) is 0.333. The van der Waals surface area contributed by atoms with Gasteiger partial charge in [-0.3, -0.25) is 9.78 Å². The van der Waals surface area contributed by atoms with Crippen LogP contribution < -0.4 is 4.90 Å². The summed E-state index contributed by atoms with van der Waals surface area (Å²) >= 11 is 0. The number of benzene rings is 1. The molecule has 1 fully saturated rings. The molecule has 2 aromatic heterocycles. The van der Waals surface area contributed by atoms with Gasteiger partial charge in [-0.1, -0.05) is 29.4 Å². The van der Waals surface area contributed by atoms with Gasteiger partial charge in [-0.25, -0.2) is 4.98 Å². The van der Waals surface area contributed by atoms with Gasteiger partial charge in [0.15, 0.2) is 0 Å². The lowest BCUT2D eigenvalue weighted by molar-refractivity contribution is 0.0606. The maximum absolute atomic E-state index is 12.9. The monoisotopic (exact) mass is 375 g/mol. The molecule has 2 aliphatic heterocycles. The van der Waals surface area contributed by atoms with E-state index in [1.807, 2.05) is 17.2 Å². The SMILES string of the molecule is O=C(c1ccno1)N1Cc2ccccc2C2(CCN(c3cnccn3)CC2)C1. The quantitative estimate of drug-likeness (QED) is 0.685. The van der Waals surface area contributed by atoms with Gasteiger partial charge in [0, 0.05) is 50.1 Å². The topological polar surface area (TPSA) is 75.4 Å². The van der Waals surface area contributed by atoms with E-state index in [1.54, 1.807) is 18.5 Å². The molecule has 0 unspecified atom stereocenters. The fourth-order valence-electron chi connectivity index (χ4n) is 4.56. The average molecular weight is 375 g/mol. The zero-order valence-corrected chi connectivity index (χ0v) is 15.5. The van der Waals surface area contributed by atoms with E-state index in [1.165, 1.54) is 17.3 Å². The van der Waals surface area contributed by atoms with E-state index in [2.05, 4.69) is 38.2 Å². The van der Waals surface area contributed by atoms with Crippen LogP contribution in [0.2, 0.25) is 0 Å². The first-order valence-corrected chi connectivity index (χ1v) is 9.54. The second-order valence-corrected chi connectivity index (χ2v) is 7.53. The Morgan fingerprint density at radius 1 is 1.07 bits per heavy atom. The molecular weight excluding hydrogens is 354 g/mol. The molecule has 0 aliphatic carbocycles. The first-order chi connectivity index (χ1) is 13.8. The van der Waals surface area contributed by atoms with Gasteiger partial charge in [0.2, 0.25) is 5.76 Å². The average Bonchev–Trinajstić information content (AvgIpc) is 3.29. The Labute approximate surface area is 163 Å². The van der Waals surface area contributed by atoms with Gasteiger partial charge in [-0.2, -0.15) is 0 Å². The van der Waals surface area contributed by atoms with Crippen molar-refractivity contribution < 1.29 is 9.32 Å². The van der Waals surface area contributed by atoms with Crippen LogP contribution in [0.4, 0.5) is 5.82 Å². The molecule has 1 aromatic carbocycles. The van der Waals surface area contributed by atoms with E-state index in [0.717, 1.165) is 31.7 Å². The normalized spacial score (nSPS) is 18.1. The molecule has 5 rings (SSSR count). The van der Waals surface area contributed by atoms with E-state index in [-0.39, 0.29) is 11.3 Å². The van der Waals surface area contributed by atoms with Crippen molar-refractivity contribution in [1.29, 1.82) is 0 Å². The highest BCUT2D eigenvalue weighted by Crippen LogP contribution is 2.42. The van der Waals surface area contributed by atoms with E-state index < -0.39 is 0 Å². The predicted octanol–water partition coefficient (Wildman–Crippen LogP) is 2.66. The smallest absolute Gasteiger partial charge is 0.292 e. The van der Waals surface area contributed by atoms with E-state index in [0.29, 0.717) is 18.8 Å². The van der Waals surface area contributed by atoms with Crippen molar-refractivity contribution in [3.8, 4) is 0 Å². The third-order valence-corrected chi connectivity index (χ3v) is 5.97. The van der Waals surface area contributed by atoms with Crippen LogP contribution in [0.1, 0.15) is 34.5 Å². The molecule has 0 bridgehead atoms. The largest absolute Gasteiger partial charge is 0.355 e. The van der Waals surface area contributed by atoms with E-state index in [4.69, 9.17) is 4.52 Å². The standard InChI is InChI=1S/C21H21N5O2/c27-20(18-5-8-24-28-18)26-14-16-3-1-2-4-17(16)21(15-26)6-11-25(12-7-21)19-13-22-9-10-23-19/h1-5,8-10,13H,6-7,11-12,14-15H2. The second kappa shape index (κ2) is 6.74. The fourth-order valence-corrected chi connectivity index (χ4v) is 4.56. The van der Waals surface area contributed by atoms with Gasteiger partial charge in [0.25, 0.3) is 5.91 Å². The summed E-state index contributed by atoms with van der Waals surface area (Å²) in [6.45, 7) is 3.07. The molecule has 28 heavy (non-hydrogen) atoms. The van der Waals surface area contributed by atoms with Crippen LogP contribution in [0.25, 0.3) is 0 Å². The molecule has 7 heteroatoms. The Bertz CT molecular complexity index is 965. The molecule has 1 amide bonds. The molecular formula is C21H21N5O2. The van der Waals surface area contributed by atoms with Crippen LogP contribution >= 0.6 is 0 Å². The zero-order chi connectivity index (χ0) is 19.0. The van der Waals surface area contributed by atoms with Crippen LogP contribution in [-0.2, 0) is 12.0 Å². The summed E-state index contributed by atoms with van der Waals surface area (Å²) in [5.74, 6) is 1.12. The number of aromatic nitrogens is 3. The van der Waals surface area contributed by atoms with Crippen LogP contribution in [0.3, 0.4) is 0 Å². The molecule has 142 valence electrons. The molecule has 4 heterocycles. The third-order valence-electron chi connectivity index (χ3n) is 5.97. The number of piperidine rings is 1. The molecule has 0 atom stereocenters. The van der Waals surface area contributed by atoms with Gasteiger partial charge < -0.3 is 14.3 Å². The molecule has 1 spiro atoms.